The zero-order valence-electron chi connectivity index (χ0n) is 11.9. The van der Waals surface area contributed by atoms with Crippen LogP contribution in [-0.2, 0) is 5.41 Å². The molecule has 0 heterocycles. The number of hydrogen-bond acceptors (Lipinski definition) is 2. The van der Waals surface area contributed by atoms with Crippen LogP contribution in [0, 0.1) is 5.41 Å². The van der Waals surface area contributed by atoms with E-state index in [9.17, 15) is 9.90 Å². The number of rotatable bonds is 2. The average molecular weight is 262 g/mol. The highest BCUT2D eigenvalue weighted by atomic mass is 16.4. The van der Waals surface area contributed by atoms with E-state index >= 15 is 0 Å². The molecule has 19 heavy (non-hydrogen) atoms. The third-order valence-electron chi connectivity index (χ3n) is 4.63. The number of hydrogen-bond donors (Lipinski definition) is 2. The molecule has 1 saturated carbocycles. The van der Waals surface area contributed by atoms with E-state index < -0.39 is 5.97 Å². The Morgan fingerprint density at radius 3 is 2.21 bits per heavy atom. The third kappa shape index (κ3) is 2.75. The van der Waals surface area contributed by atoms with Gasteiger partial charge in [0.1, 0.15) is 11.3 Å². The molecule has 1 aliphatic carbocycles. The average Bonchev–Trinajstić information content (AvgIpc) is 2.33. The van der Waals surface area contributed by atoms with Gasteiger partial charge in [0.2, 0.25) is 0 Å². The maximum absolute atomic E-state index is 11.1. The molecular formula is C16H22O3. The van der Waals surface area contributed by atoms with Crippen LogP contribution in [0.3, 0.4) is 0 Å². The van der Waals surface area contributed by atoms with Gasteiger partial charge in [0.05, 0.1) is 0 Å². The Morgan fingerprint density at radius 2 is 1.68 bits per heavy atom. The van der Waals surface area contributed by atoms with Crippen molar-refractivity contribution in [2.75, 3.05) is 0 Å². The highest BCUT2D eigenvalue weighted by Gasteiger charge is 2.36. The fourth-order valence-corrected chi connectivity index (χ4v) is 2.85. The highest BCUT2D eigenvalue weighted by Crippen LogP contribution is 2.46. The first kappa shape index (κ1) is 13.9. The maximum atomic E-state index is 11.1. The molecule has 0 atom stereocenters. The van der Waals surface area contributed by atoms with Crippen molar-refractivity contribution in [2.45, 2.75) is 51.9 Å². The SMILES string of the molecule is CC1(C)CCC(C)(c2ccc(O)c(C(=O)O)c2)CC1. The summed E-state index contributed by atoms with van der Waals surface area (Å²) in [7, 11) is 0. The first-order valence-corrected chi connectivity index (χ1v) is 6.80. The molecular weight excluding hydrogens is 240 g/mol. The van der Waals surface area contributed by atoms with E-state index in [0.29, 0.717) is 5.41 Å². The smallest absolute Gasteiger partial charge is 0.339 e. The molecule has 1 aromatic rings. The van der Waals surface area contributed by atoms with Gasteiger partial charge in [0.15, 0.2) is 0 Å². The first-order valence-electron chi connectivity index (χ1n) is 6.80. The van der Waals surface area contributed by atoms with E-state index in [1.807, 2.05) is 6.07 Å². The molecule has 0 spiro atoms. The van der Waals surface area contributed by atoms with Gasteiger partial charge >= 0.3 is 5.97 Å². The molecule has 3 heteroatoms. The van der Waals surface area contributed by atoms with E-state index in [0.717, 1.165) is 31.2 Å². The summed E-state index contributed by atoms with van der Waals surface area (Å²) in [5.74, 6) is -1.23. The minimum atomic E-state index is -1.07. The lowest BCUT2D eigenvalue weighted by Gasteiger charge is -2.42. The lowest BCUT2D eigenvalue weighted by Crippen LogP contribution is -2.32. The monoisotopic (exact) mass is 262 g/mol. The van der Waals surface area contributed by atoms with Gasteiger partial charge in [0, 0.05) is 0 Å². The Labute approximate surface area is 114 Å². The topological polar surface area (TPSA) is 57.5 Å². The summed E-state index contributed by atoms with van der Waals surface area (Å²) in [4.78, 5) is 11.1. The number of phenols is 1. The van der Waals surface area contributed by atoms with E-state index in [1.54, 1.807) is 6.07 Å². The molecule has 0 amide bonds. The quantitative estimate of drug-likeness (QED) is 0.848. The molecule has 0 bridgehead atoms. The van der Waals surface area contributed by atoms with Crippen molar-refractivity contribution in [1.29, 1.82) is 0 Å². The fourth-order valence-electron chi connectivity index (χ4n) is 2.85. The molecule has 0 aliphatic heterocycles. The van der Waals surface area contributed by atoms with E-state index in [1.165, 1.54) is 6.07 Å². The van der Waals surface area contributed by atoms with Gasteiger partial charge in [-0.05, 0) is 54.2 Å². The second kappa shape index (κ2) is 4.55. The van der Waals surface area contributed by atoms with E-state index in [4.69, 9.17) is 5.11 Å². The van der Waals surface area contributed by atoms with E-state index in [-0.39, 0.29) is 16.7 Å². The predicted octanol–water partition coefficient (Wildman–Crippen LogP) is 3.95. The zero-order chi connectivity index (χ0) is 14.3. The maximum Gasteiger partial charge on any atom is 0.339 e. The van der Waals surface area contributed by atoms with Crippen molar-refractivity contribution in [3.05, 3.63) is 29.3 Å². The molecule has 0 radical (unpaired) electrons. The zero-order valence-corrected chi connectivity index (χ0v) is 11.9. The first-order chi connectivity index (χ1) is 8.73. The summed E-state index contributed by atoms with van der Waals surface area (Å²) in [6.07, 6.45) is 4.41. The molecule has 104 valence electrons. The number of carboxylic acids is 1. The second-order valence-corrected chi connectivity index (χ2v) is 6.76. The Bertz CT molecular complexity index is 493. The summed E-state index contributed by atoms with van der Waals surface area (Å²) < 4.78 is 0. The summed E-state index contributed by atoms with van der Waals surface area (Å²) >= 11 is 0. The molecule has 1 fully saturated rings. The molecule has 3 nitrogen and oxygen atoms in total. The van der Waals surface area contributed by atoms with Crippen LogP contribution < -0.4 is 0 Å². The standard InChI is InChI=1S/C16H22O3/c1-15(2)6-8-16(3,9-7-15)11-4-5-13(17)12(10-11)14(18)19/h4-5,10,17H,6-9H2,1-3H3,(H,18,19). The molecule has 2 rings (SSSR count). The van der Waals surface area contributed by atoms with Gasteiger partial charge in [-0.2, -0.15) is 0 Å². The van der Waals surface area contributed by atoms with Crippen LogP contribution in [-0.4, -0.2) is 16.2 Å². The van der Waals surface area contributed by atoms with Crippen LogP contribution in [0.4, 0.5) is 0 Å². The number of carbonyl (C=O) groups is 1. The van der Waals surface area contributed by atoms with Crippen LogP contribution in [0.25, 0.3) is 0 Å². The highest BCUT2D eigenvalue weighted by molar-refractivity contribution is 5.91. The molecule has 0 saturated heterocycles. The minimum absolute atomic E-state index is 0.00330. The Balaban J connectivity index is 2.32. The number of benzene rings is 1. The van der Waals surface area contributed by atoms with Gasteiger partial charge in [-0.25, -0.2) is 4.79 Å². The third-order valence-corrected chi connectivity index (χ3v) is 4.63. The van der Waals surface area contributed by atoms with Crippen LogP contribution in [0.2, 0.25) is 0 Å². The van der Waals surface area contributed by atoms with Crippen LogP contribution in [0.15, 0.2) is 18.2 Å². The van der Waals surface area contributed by atoms with Crippen LogP contribution in [0.1, 0.15) is 62.4 Å². The summed E-state index contributed by atoms with van der Waals surface area (Å²) in [6, 6.07) is 5.00. The number of aromatic carboxylic acids is 1. The lowest BCUT2D eigenvalue weighted by molar-refractivity contribution is 0.0693. The fraction of sp³-hybridized carbons (Fsp3) is 0.562. The molecule has 0 unspecified atom stereocenters. The Hall–Kier alpha value is -1.51. The normalized spacial score (nSPS) is 21.0. The molecule has 2 N–H and O–H groups in total. The second-order valence-electron chi connectivity index (χ2n) is 6.76. The van der Waals surface area contributed by atoms with Gasteiger partial charge in [-0.15, -0.1) is 0 Å². The van der Waals surface area contributed by atoms with Gasteiger partial charge in [-0.3, -0.25) is 0 Å². The van der Waals surface area contributed by atoms with Gasteiger partial charge in [0.25, 0.3) is 0 Å². The van der Waals surface area contributed by atoms with Crippen molar-refractivity contribution in [1.82, 2.24) is 0 Å². The Kier molecular flexibility index (Phi) is 3.33. The van der Waals surface area contributed by atoms with Gasteiger partial charge < -0.3 is 10.2 Å². The summed E-state index contributed by atoms with van der Waals surface area (Å²) in [6.45, 7) is 6.76. The van der Waals surface area contributed by atoms with Crippen molar-refractivity contribution in [3.8, 4) is 5.75 Å². The number of aromatic hydroxyl groups is 1. The predicted molar refractivity (Wildman–Crippen MR) is 74.7 cm³/mol. The van der Waals surface area contributed by atoms with Crippen molar-refractivity contribution >= 4 is 5.97 Å². The largest absolute Gasteiger partial charge is 0.507 e. The van der Waals surface area contributed by atoms with Crippen molar-refractivity contribution in [2.24, 2.45) is 5.41 Å². The van der Waals surface area contributed by atoms with E-state index in [2.05, 4.69) is 20.8 Å². The lowest BCUT2D eigenvalue weighted by atomic mass is 9.63. The summed E-state index contributed by atoms with van der Waals surface area (Å²) in [5.41, 5.74) is 1.43. The van der Waals surface area contributed by atoms with Crippen LogP contribution in [0.5, 0.6) is 5.75 Å². The molecule has 0 aromatic heterocycles. The van der Waals surface area contributed by atoms with Crippen LogP contribution >= 0.6 is 0 Å². The molecule has 1 aliphatic rings. The Morgan fingerprint density at radius 1 is 1.11 bits per heavy atom. The van der Waals surface area contributed by atoms with Crippen molar-refractivity contribution < 1.29 is 15.0 Å². The van der Waals surface area contributed by atoms with Gasteiger partial charge in [-0.1, -0.05) is 26.8 Å². The van der Waals surface area contributed by atoms with Crippen molar-refractivity contribution in [3.63, 3.8) is 0 Å². The summed E-state index contributed by atoms with van der Waals surface area (Å²) in [5, 5.41) is 18.7. The molecule has 1 aromatic carbocycles. The minimum Gasteiger partial charge on any atom is -0.507 e. The number of carboxylic acid groups (broad SMARTS) is 1.